The molecule has 2 N–H and O–H groups in total. The van der Waals surface area contributed by atoms with Crippen LogP contribution in [-0.4, -0.2) is 19.8 Å². The molecule has 0 aromatic heterocycles. The fraction of sp³-hybridized carbons (Fsp3) is 0.500. The van der Waals surface area contributed by atoms with Crippen molar-refractivity contribution < 1.29 is 14.3 Å². The van der Waals surface area contributed by atoms with Crippen LogP contribution in [0.1, 0.15) is 17.5 Å². The standard InChI is InChI=1S/C12H16BrNO3/c1-8-9(3-6-17-14)10(13)7-11-12(8)16-5-2-4-15-11/h7H,2-6,14H2,1H3. The Hall–Kier alpha value is -0.780. The Kier molecular flexibility index (Phi) is 4.25. The van der Waals surface area contributed by atoms with Gasteiger partial charge in [0.1, 0.15) is 0 Å². The van der Waals surface area contributed by atoms with E-state index in [1.54, 1.807) is 0 Å². The van der Waals surface area contributed by atoms with Gasteiger partial charge in [-0.05, 0) is 30.5 Å². The van der Waals surface area contributed by atoms with Crippen LogP contribution in [0.5, 0.6) is 11.5 Å². The van der Waals surface area contributed by atoms with E-state index in [0.29, 0.717) is 19.8 Å². The van der Waals surface area contributed by atoms with Crippen molar-refractivity contribution in [2.24, 2.45) is 5.90 Å². The molecule has 1 aromatic rings. The van der Waals surface area contributed by atoms with Crippen LogP contribution >= 0.6 is 15.9 Å². The molecule has 1 aromatic carbocycles. The molecule has 0 saturated heterocycles. The molecule has 4 nitrogen and oxygen atoms in total. The fourth-order valence-corrected chi connectivity index (χ4v) is 2.64. The highest BCUT2D eigenvalue weighted by molar-refractivity contribution is 9.10. The molecule has 2 rings (SSSR count). The minimum Gasteiger partial charge on any atom is -0.490 e. The third-order valence-corrected chi connectivity index (χ3v) is 3.53. The topological polar surface area (TPSA) is 53.7 Å². The molecule has 17 heavy (non-hydrogen) atoms. The number of hydrogen-bond donors (Lipinski definition) is 1. The van der Waals surface area contributed by atoms with E-state index >= 15 is 0 Å². The van der Waals surface area contributed by atoms with Crippen LogP contribution in [-0.2, 0) is 11.3 Å². The number of ether oxygens (including phenoxy) is 2. The summed E-state index contributed by atoms with van der Waals surface area (Å²) in [5, 5.41) is 0. The van der Waals surface area contributed by atoms with Crippen LogP contribution in [0.4, 0.5) is 0 Å². The number of hydrogen-bond acceptors (Lipinski definition) is 4. The molecule has 0 unspecified atom stereocenters. The van der Waals surface area contributed by atoms with Crippen LogP contribution in [0.2, 0.25) is 0 Å². The van der Waals surface area contributed by atoms with Crippen LogP contribution in [0.3, 0.4) is 0 Å². The summed E-state index contributed by atoms with van der Waals surface area (Å²) < 4.78 is 12.4. The lowest BCUT2D eigenvalue weighted by Crippen LogP contribution is -2.06. The van der Waals surface area contributed by atoms with Crippen molar-refractivity contribution in [3.63, 3.8) is 0 Å². The van der Waals surface area contributed by atoms with Crippen molar-refractivity contribution in [1.82, 2.24) is 0 Å². The van der Waals surface area contributed by atoms with Gasteiger partial charge in [0.2, 0.25) is 0 Å². The van der Waals surface area contributed by atoms with Gasteiger partial charge in [0.05, 0.1) is 19.8 Å². The maximum absolute atomic E-state index is 5.74. The summed E-state index contributed by atoms with van der Waals surface area (Å²) in [4.78, 5) is 4.63. The van der Waals surface area contributed by atoms with Gasteiger partial charge in [-0.3, -0.25) is 0 Å². The van der Waals surface area contributed by atoms with Crippen LogP contribution < -0.4 is 15.4 Å². The monoisotopic (exact) mass is 301 g/mol. The second-order valence-corrected chi connectivity index (χ2v) is 4.81. The molecule has 1 aliphatic rings. The molecule has 0 amide bonds. The van der Waals surface area contributed by atoms with Crippen molar-refractivity contribution in [3.05, 3.63) is 21.7 Å². The predicted molar refractivity (Wildman–Crippen MR) is 68.3 cm³/mol. The molecule has 0 bridgehead atoms. The van der Waals surface area contributed by atoms with Gasteiger partial charge in [0, 0.05) is 10.9 Å². The molecule has 0 atom stereocenters. The number of fused-ring (bicyclic) bond motifs is 1. The molecule has 5 heteroatoms. The summed E-state index contributed by atoms with van der Waals surface area (Å²) >= 11 is 3.55. The Morgan fingerprint density at radius 3 is 2.94 bits per heavy atom. The van der Waals surface area contributed by atoms with E-state index in [4.69, 9.17) is 15.4 Å². The lowest BCUT2D eigenvalue weighted by Gasteiger charge is -2.15. The molecule has 0 radical (unpaired) electrons. The lowest BCUT2D eigenvalue weighted by molar-refractivity contribution is 0.141. The smallest absolute Gasteiger partial charge is 0.164 e. The second kappa shape index (κ2) is 5.71. The number of rotatable bonds is 3. The van der Waals surface area contributed by atoms with Gasteiger partial charge in [-0.2, -0.15) is 0 Å². The van der Waals surface area contributed by atoms with Gasteiger partial charge < -0.3 is 14.3 Å². The first-order valence-electron chi connectivity index (χ1n) is 5.63. The van der Waals surface area contributed by atoms with E-state index in [0.717, 1.165) is 39.9 Å². The van der Waals surface area contributed by atoms with E-state index in [2.05, 4.69) is 20.8 Å². The first kappa shape index (κ1) is 12.7. The summed E-state index contributed by atoms with van der Waals surface area (Å²) in [6.45, 7) is 3.91. The normalized spacial score (nSPS) is 14.5. The Morgan fingerprint density at radius 2 is 2.18 bits per heavy atom. The summed E-state index contributed by atoms with van der Waals surface area (Å²) in [6.07, 6.45) is 1.66. The van der Waals surface area contributed by atoms with E-state index in [-0.39, 0.29) is 0 Å². The van der Waals surface area contributed by atoms with E-state index in [1.165, 1.54) is 0 Å². The largest absolute Gasteiger partial charge is 0.490 e. The third kappa shape index (κ3) is 2.73. The third-order valence-electron chi connectivity index (χ3n) is 2.83. The zero-order valence-electron chi connectivity index (χ0n) is 9.79. The van der Waals surface area contributed by atoms with Gasteiger partial charge in [-0.15, -0.1) is 0 Å². The maximum Gasteiger partial charge on any atom is 0.164 e. The highest BCUT2D eigenvalue weighted by atomic mass is 79.9. The Bertz CT molecular complexity index is 409. The first-order valence-corrected chi connectivity index (χ1v) is 6.42. The minimum atomic E-state index is 0.485. The van der Waals surface area contributed by atoms with E-state index in [9.17, 15) is 0 Å². The number of halogens is 1. The summed E-state index contributed by atoms with van der Waals surface area (Å²) in [6, 6.07) is 1.96. The van der Waals surface area contributed by atoms with Gasteiger partial charge in [0.25, 0.3) is 0 Å². The quantitative estimate of drug-likeness (QED) is 0.871. The molecule has 1 heterocycles. The molecule has 0 aliphatic carbocycles. The van der Waals surface area contributed by atoms with Crippen molar-refractivity contribution in [2.45, 2.75) is 19.8 Å². The van der Waals surface area contributed by atoms with Gasteiger partial charge in [-0.1, -0.05) is 15.9 Å². The Labute approximate surface area is 109 Å². The summed E-state index contributed by atoms with van der Waals surface area (Å²) in [7, 11) is 0. The maximum atomic E-state index is 5.74. The van der Waals surface area contributed by atoms with Crippen molar-refractivity contribution in [2.75, 3.05) is 19.8 Å². The minimum absolute atomic E-state index is 0.485. The molecule has 1 aliphatic heterocycles. The summed E-state index contributed by atoms with van der Waals surface area (Å²) in [5.74, 6) is 6.72. The zero-order valence-corrected chi connectivity index (χ0v) is 11.4. The van der Waals surface area contributed by atoms with Crippen LogP contribution in [0, 0.1) is 6.92 Å². The van der Waals surface area contributed by atoms with Gasteiger partial charge in [-0.25, -0.2) is 5.90 Å². The van der Waals surface area contributed by atoms with Crippen molar-refractivity contribution in [1.29, 1.82) is 0 Å². The number of benzene rings is 1. The molecule has 0 fully saturated rings. The van der Waals surface area contributed by atoms with Crippen molar-refractivity contribution >= 4 is 15.9 Å². The number of nitrogens with two attached hydrogens (primary N) is 1. The van der Waals surface area contributed by atoms with Gasteiger partial charge >= 0.3 is 0 Å². The fourth-order valence-electron chi connectivity index (χ4n) is 1.94. The first-order chi connectivity index (χ1) is 8.24. The Balaban J connectivity index is 2.37. The molecule has 94 valence electrons. The Morgan fingerprint density at radius 1 is 1.41 bits per heavy atom. The SMILES string of the molecule is Cc1c(CCON)c(Br)cc2c1OCCCO2. The zero-order chi connectivity index (χ0) is 12.3. The van der Waals surface area contributed by atoms with E-state index in [1.807, 2.05) is 13.0 Å². The highest BCUT2D eigenvalue weighted by Gasteiger charge is 2.18. The second-order valence-electron chi connectivity index (χ2n) is 3.96. The highest BCUT2D eigenvalue weighted by Crippen LogP contribution is 2.39. The van der Waals surface area contributed by atoms with Crippen LogP contribution in [0.15, 0.2) is 10.5 Å². The average Bonchev–Trinajstić information content (AvgIpc) is 2.54. The lowest BCUT2D eigenvalue weighted by atomic mass is 10.0. The predicted octanol–water partition coefficient (Wildman–Crippen LogP) is 2.35. The van der Waals surface area contributed by atoms with Gasteiger partial charge in [0.15, 0.2) is 11.5 Å². The summed E-state index contributed by atoms with van der Waals surface area (Å²) in [5.41, 5.74) is 2.24. The molecule has 0 spiro atoms. The molecule has 0 saturated carbocycles. The molecular formula is C12H16BrNO3. The van der Waals surface area contributed by atoms with Crippen molar-refractivity contribution in [3.8, 4) is 11.5 Å². The average molecular weight is 302 g/mol. The van der Waals surface area contributed by atoms with Crippen LogP contribution in [0.25, 0.3) is 0 Å². The van der Waals surface area contributed by atoms with E-state index < -0.39 is 0 Å². The molecular weight excluding hydrogens is 286 g/mol.